The molecule has 0 saturated heterocycles. The van der Waals surface area contributed by atoms with Crippen LogP contribution >= 0.6 is 0 Å². The van der Waals surface area contributed by atoms with E-state index in [0.29, 0.717) is 6.42 Å². The lowest BCUT2D eigenvalue weighted by atomic mass is 10.1. The van der Waals surface area contributed by atoms with Gasteiger partial charge in [-0.05, 0) is 12.0 Å². The second kappa shape index (κ2) is 9.32. The van der Waals surface area contributed by atoms with E-state index in [1.807, 2.05) is 30.3 Å². The molecule has 0 saturated carbocycles. The number of nitrogens with two attached hydrogens (primary N) is 3. The molecular formula is C13H22N6O2. The second-order valence-corrected chi connectivity index (χ2v) is 4.38. The summed E-state index contributed by atoms with van der Waals surface area (Å²) >= 11 is 0. The molecule has 8 N–H and O–H groups in total. The van der Waals surface area contributed by atoms with Gasteiger partial charge in [0.1, 0.15) is 6.04 Å². The standard InChI is InChI=1S/C9H11NO2.C4H11N5/c10-8(9(11)12)6-7-4-2-1-3-5-7;1-9(2)4(7)8-3(5)6/h1-5,8H,6,10H2,(H,11,12);1-2H3,(H5,5,6,7,8). The van der Waals surface area contributed by atoms with Crippen molar-refractivity contribution in [2.24, 2.45) is 22.2 Å². The molecule has 0 bridgehead atoms. The van der Waals surface area contributed by atoms with Crippen LogP contribution < -0.4 is 17.2 Å². The maximum absolute atomic E-state index is 10.4. The van der Waals surface area contributed by atoms with Crippen LogP contribution in [0.4, 0.5) is 0 Å². The minimum atomic E-state index is -0.959. The quantitative estimate of drug-likeness (QED) is 0.370. The van der Waals surface area contributed by atoms with E-state index in [4.69, 9.17) is 27.7 Å². The highest BCUT2D eigenvalue weighted by atomic mass is 16.4. The number of carboxylic acids is 1. The van der Waals surface area contributed by atoms with Crippen molar-refractivity contribution in [1.82, 2.24) is 4.90 Å². The molecule has 1 aromatic rings. The highest BCUT2D eigenvalue weighted by Crippen LogP contribution is 2.01. The number of hydrogen-bond donors (Lipinski definition) is 5. The fourth-order valence-electron chi connectivity index (χ4n) is 1.18. The van der Waals surface area contributed by atoms with Gasteiger partial charge in [-0.25, -0.2) is 0 Å². The van der Waals surface area contributed by atoms with E-state index in [0.717, 1.165) is 5.56 Å². The van der Waals surface area contributed by atoms with Crippen LogP contribution in [0.2, 0.25) is 0 Å². The number of hydrogen-bond acceptors (Lipinski definition) is 3. The summed E-state index contributed by atoms with van der Waals surface area (Å²) in [6, 6.07) is 8.54. The number of guanidine groups is 2. The van der Waals surface area contributed by atoms with Crippen LogP contribution in [0.3, 0.4) is 0 Å². The Morgan fingerprint density at radius 3 is 2.19 bits per heavy atom. The van der Waals surface area contributed by atoms with E-state index >= 15 is 0 Å². The first kappa shape index (κ1) is 18.4. The Bertz CT molecular complexity index is 487. The number of benzene rings is 1. The number of carbonyl (C=O) groups is 1. The molecule has 0 aliphatic carbocycles. The zero-order chi connectivity index (χ0) is 16.4. The van der Waals surface area contributed by atoms with E-state index in [9.17, 15) is 4.79 Å². The van der Waals surface area contributed by atoms with Crippen molar-refractivity contribution in [3.63, 3.8) is 0 Å². The summed E-state index contributed by atoms with van der Waals surface area (Å²) in [6.07, 6.45) is 0.385. The Labute approximate surface area is 123 Å². The summed E-state index contributed by atoms with van der Waals surface area (Å²) in [5.41, 5.74) is 16.5. The first-order valence-electron chi connectivity index (χ1n) is 6.11. The lowest BCUT2D eigenvalue weighted by molar-refractivity contribution is -0.138. The molecule has 1 aromatic carbocycles. The fourth-order valence-corrected chi connectivity index (χ4v) is 1.18. The van der Waals surface area contributed by atoms with Gasteiger partial charge in [0.15, 0.2) is 5.96 Å². The minimum Gasteiger partial charge on any atom is -0.480 e. The zero-order valence-corrected chi connectivity index (χ0v) is 12.2. The second-order valence-electron chi connectivity index (χ2n) is 4.38. The van der Waals surface area contributed by atoms with Crippen LogP contribution in [0, 0.1) is 5.41 Å². The van der Waals surface area contributed by atoms with Gasteiger partial charge in [0.05, 0.1) is 0 Å². The Morgan fingerprint density at radius 1 is 1.33 bits per heavy atom. The SMILES string of the molecule is CN(C)C(N)=NC(=N)N.NC(Cc1ccccc1)C(=O)O. The summed E-state index contributed by atoms with van der Waals surface area (Å²) in [5, 5.41) is 15.2. The molecule has 8 heteroatoms. The Hall–Kier alpha value is -2.61. The molecule has 116 valence electrons. The average Bonchev–Trinajstić information content (AvgIpc) is 2.39. The van der Waals surface area contributed by atoms with Gasteiger partial charge in [0, 0.05) is 14.1 Å². The molecule has 8 nitrogen and oxygen atoms in total. The van der Waals surface area contributed by atoms with Crippen molar-refractivity contribution >= 4 is 17.9 Å². The van der Waals surface area contributed by atoms with Crippen molar-refractivity contribution in [3.05, 3.63) is 35.9 Å². The highest BCUT2D eigenvalue weighted by molar-refractivity contribution is 5.91. The topological polar surface area (TPSA) is 155 Å². The lowest BCUT2D eigenvalue weighted by Crippen LogP contribution is -2.32. The normalized spacial score (nSPS) is 11.9. The summed E-state index contributed by atoms with van der Waals surface area (Å²) in [7, 11) is 3.45. The number of nitrogens with one attached hydrogen (secondary N) is 1. The maximum Gasteiger partial charge on any atom is 0.320 e. The third kappa shape index (κ3) is 9.00. The first-order chi connectivity index (χ1) is 9.73. The minimum absolute atomic E-state index is 0.238. The molecule has 0 radical (unpaired) electrons. The predicted octanol–water partition coefficient (Wildman–Crippen LogP) is -0.603. The monoisotopic (exact) mass is 294 g/mol. The number of nitrogens with zero attached hydrogens (tertiary/aromatic N) is 2. The number of aliphatic imine (C=N–C) groups is 1. The summed E-state index contributed by atoms with van der Waals surface area (Å²) in [4.78, 5) is 15.4. The van der Waals surface area contributed by atoms with Crippen molar-refractivity contribution in [1.29, 1.82) is 5.41 Å². The van der Waals surface area contributed by atoms with Gasteiger partial charge in [-0.1, -0.05) is 30.3 Å². The van der Waals surface area contributed by atoms with Crippen molar-refractivity contribution in [2.75, 3.05) is 14.1 Å². The smallest absolute Gasteiger partial charge is 0.320 e. The van der Waals surface area contributed by atoms with Crippen LogP contribution in [0.1, 0.15) is 5.56 Å². The maximum atomic E-state index is 10.4. The summed E-state index contributed by atoms with van der Waals surface area (Å²) in [6.45, 7) is 0. The summed E-state index contributed by atoms with van der Waals surface area (Å²) < 4.78 is 0. The molecule has 1 unspecified atom stereocenters. The van der Waals surface area contributed by atoms with Gasteiger partial charge in [0.25, 0.3) is 0 Å². The van der Waals surface area contributed by atoms with E-state index in [2.05, 4.69) is 4.99 Å². The Kier molecular flexibility index (Phi) is 8.16. The molecule has 0 fully saturated rings. The van der Waals surface area contributed by atoms with E-state index in [1.165, 1.54) is 0 Å². The van der Waals surface area contributed by atoms with Gasteiger partial charge in [-0.15, -0.1) is 0 Å². The Morgan fingerprint density at radius 2 is 1.86 bits per heavy atom. The Balaban J connectivity index is 0.000000400. The largest absolute Gasteiger partial charge is 0.480 e. The van der Waals surface area contributed by atoms with Gasteiger partial charge >= 0.3 is 5.97 Å². The molecule has 0 spiro atoms. The van der Waals surface area contributed by atoms with Crippen LogP contribution in [-0.4, -0.2) is 48.0 Å². The summed E-state index contributed by atoms with van der Waals surface area (Å²) in [5.74, 6) is -0.998. The van der Waals surface area contributed by atoms with Gasteiger partial charge in [0.2, 0.25) is 5.96 Å². The molecule has 0 aliphatic rings. The number of carboxylic acid groups (broad SMARTS) is 1. The number of rotatable bonds is 3. The van der Waals surface area contributed by atoms with Crippen molar-refractivity contribution in [2.45, 2.75) is 12.5 Å². The van der Waals surface area contributed by atoms with Crippen molar-refractivity contribution < 1.29 is 9.90 Å². The zero-order valence-electron chi connectivity index (χ0n) is 12.2. The highest BCUT2D eigenvalue weighted by Gasteiger charge is 2.10. The molecule has 0 heterocycles. The molecule has 0 aromatic heterocycles. The van der Waals surface area contributed by atoms with Crippen molar-refractivity contribution in [3.8, 4) is 0 Å². The first-order valence-corrected chi connectivity index (χ1v) is 6.11. The van der Waals surface area contributed by atoms with Gasteiger partial charge in [-0.2, -0.15) is 4.99 Å². The van der Waals surface area contributed by atoms with Crippen LogP contribution in [0.25, 0.3) is 0 Å². The molecule has 1 atom stereocenters. The molecule has 0 amide bonds. The van der Waals surface area contributed by atoms with E-state index in [-0.39, 0.29) is 11.9 Å². The molecule has 21 heavy (non-hydrogen) atoms. The third-order valence-corrected chi connectivity index (χ3v) is 2.31. The van der Waals surface area contributed by atoms with Crippen LogP contribution in [0.15, 0.2) is 35.3 Å². The molecular weight excluding hydrogens is 272 g/mol. The average molecular weight is 294 g/mol. The predicted molar refractivity (Wildman–Crippen MR) is 83.0 cm³/mol. The van der Waals surface area contributed by atoms with Crippen LogP contribution in [-0.2, 0) is 11.2 Å². The van der Waals surface area contributed by atoms with Gasteiger partial charge < -0.3 is 27.2 Å². The lowest BCUT2D eigenvalue weighted by Gasteiger charge is -2.08. The molecule has 1 rings (SSSR count). The van der Waals surface area contributed by atoms with Crippen LogP contribution in [0.5, 0.6) is 0 Å². The number of aliphatic carboxylic acids is 1. The third-order valence-electron chi connectivity index (χ3n) is 2.31. The van der Waals surface area contributed by atoms with E-state index < -0.39 is 12.0 Å². The fraction of sp³-hybridized carbons (Fsp3) is 0.308. The van der Waals surface area contributed by atoms with E-state index in [1.54, 1.807) is 19.0 Å². The molecule has 0 aliphatic heterocycles. The van der Waals surface area contributed by atoms with Gasteiger partial charge in [-0.3, -0.25) is 10.2 Å².